The first kappa shape index (κ1) is 20.6. The number of carbonyl (C=O) groups is 2. The van der Waals surface area contributed by atoms with E-state index < -0.39 is 29.7 Å². The largest absolute Gasteiger partial charge is 0.451 e. The van der Waals surface area contributed by atoms with Crippen molar-refractivity contribution in [2.45, 2.75) is 32.0 Å². The summed E-state index contributed by atoms with van der Waals surface area (Å²) in [6.07, 6.45) is -4.09. The molecule has 8 nitrogen and oxygen atoms in total. The molecule has 0 spiro atoms. The standard InChI is InChI=1S/C18H19F3N4O4/c1-11(26)29-14-5-3-12(4-6-14)15(27)24-9-7-13(8-10-24)25-17(28)23(2)16(22-25)18(19,20)21/h3-6,13H,7-10H2,1-2H3. The molecule has 0 saturated carbocycles. The molecule has 0 radical (unpaired) electrons. The molecule has 2 heterocycles. The van der Waals surface area contributed by atoms with Gasteiger partial charge in [0.05, 0.1) is 6.04 Å². The summed E-state index contributed by atoms with van der Waals surface area (Å²) in [4.78, 5) is 37.2. The van der Waals surface area contributed by atoms with Gasteiger partial charge < -0.3 is 9.64 Å². The van der Waals surface area contributed by atoms with Crippen LogP contribution in [0.5, 0.6) is 5.75 Å². The highest BCUT2D eigenvalue weighted by Crippen LogP contribution is 2.28. The van der Waals surface area contributed by atoms with Crippen molar-refractivity contribution in [3.05, 3.63) is 46.1 Å². The van der Waals surface area contributed by atoms with Gasteiger partial charge in [0.15, 0.2) is 0 Å². The Hall–Kier alpha value is -3.11. The lowest BCUT2D eigenvalue weighted by molar-refractivity contribution is -0.147. The van der Waals surface area contributed by atoms with E-state index >= 15 is 0 Å². The minimum absolute atomic E-state index is 0.248. The fraction of sp³-hybridized carbons (Fsp3) is 0.444. The van der Waals surface area contributed by atoms with Crippen LogP contribution in [-0.4, -0.2) is 44.2 Å². The average molecular weight is 412 g/mol. The zero-order valence-corrected chi connectivity index (χ0v) is 15.8. The maximum Gasteiger partial charge on any atom is 0.451 e. The van der Waals surface area contributed by atoms with E-state index in [4.69, 9.17) is 4.74 Å². The fourth-order valence-electron chi connectivity index (χ4n) is 3.27. The van der Waals surface area contributed by atoms with Gasteiger partial charge in [-0.1, -0.05) is 0 Å². The predicted molar refractivity (Wildman–Crippen MR) is 94.4 cm³/mol. The number of alkyl halides is 3. The van der Waals surface area contributed by atoms with Gasteiger partial charge in [0.25, 0.3) is 5.91 Å². The van der Waals surface area contributed by atoms with Gasteiger partial charge in [0.2, 0.25) is 5.82 Å². The molecule has 0 N–H and O–H groups in total. The van der Waals surface area contributed by atoms with Gasteiger partial charge in [-0.2, -0.15) is 13.2 Å². The number of hydrogen-bond acceptors (Lipinski definition) is 5. The van der Waals surface area contributed by atoms with Gasteiger partial charge in [0.1, 0.15) is 5.75 Å². The number of benzene rings is 1. The molecule has 29 heavy (non-hydrogen) atoms. The minimum atomic E-state index is -4.71. The van der Waals surface area contributed by atoms with Crippen LogP contribution >= 0.6 is 0 Å². The Balaban J connectivity index is 1.67. The van der Waals surface area contributed by atoms with Crippen LogP contribution < -0.4 is 10.4 Å². The number of nitrogens with zero attached hydrogens (tertiary/aromatic N) is 4. The Bertz CT molecular complexity index is 970. The first-order valence-electron chi connectivity index (χ1n) is 8.88. The molecule has 1 amide bonds. The van der Waals surface area contributed by atoms with E-state index in [2.05, 4.69) is 5.10 Å². The molecule has 0 atom stereocenters. The lowest BCUT2D eigenvalue weighted by atomic mass is 10.0. The Morgan fingerprint density at radius 1 is 1.14 bits per heavy atom. The third kappa shape index (κ3) is 4.33. The van der Waals surface area contributed by atoms with Crippen LogP contribution in [0.2, 0.25) is 0 Å². The summed E-state index contributed by atoms with van der Waals surface area (Å²) in [7, 11) is 1.03. The van der Waals surface area contributed by atoms with Crippen molar-refractivity contribution in [2.24, 2.45) is 7.05 Å². The molecule has 2 aromatic rings. The van der Waals surface area contributed by atoms with Crippen molar-refractivity contribution < 1.29 is 27.5 Å². The van der Waals surface area contributed by atoms with Crippen LogP contribution in [0.25, 0.3) is 0 Å². The topological polar surface area (TPSA) is 86.4 Å². The normalized spacial score (nSPS) is 15.4. The second-order valence-corrected chi connectivity index (χ2v) is 6.75. The molecule has 0 bridgehead atoms. The number of halogens is 3. The summed E-state index contributed by atoms with van der Waals surface area (Å²) >= 11 is 0. The Morgan fingerprint density at radius 2 is 1.72 bits per heavy atom. The molecule has 11 heteroatoms. The molecule has 1 aliphatic heterocycles. The predicted octanol–water partition coefficient (Wildman–Crippen LogP) is 2.00. The molecule has 0 aliphatic carbocycles. The molecule has 1 saturated heterocycles. The highest BCUT2D eigenvalue weighted by Gasteiger charge is 2.39. The number of esters is 1. The molecule has 1 aromatic heterocycles. The third-order valence-corrected chi connectivity index (χ3v) is 4.72. The number of likely N-dealkylation sites (tertiary alicyclic amines) is 1. The van der Waals surface area contributed by atoms with Crippen LogP contribution in [0.15, 0.2) is 29.1 Å². The van der Waals surface area contributed by atoms with E-state index in [1.165, 1.54) is 31.2 Å². The van der Waals surface area contributed by atoms with Crippen LogP contribution in [-0.2, 0) is 18.0 Å². The number of carbonyl (C=O) groups excluding carboxylic acids is 2. The number of piperidine rings is 1. The van der Waals surface area contributed by atoms with Gasteiger partial charge in [-0.15, -0.1) is 5.10 Å². The zero-order chi connectivity index (χ0) is 21.3. The van der Waals surface area contributed by atoms with E-state index in [1.54, 1.807) is 4.90 Å². The SMILES string of the molecule is CC(=O)Oc1ccc(C(=O)N2CCC(n3nc(C(F)(F)F)n(C)c3=O)CC2)cc1. The van der Waals surface area contributed by atoms with Crippen molar-refractivity contribution in [2.75, 3.05) is 13.1 Å². The van der Waals surface area contributed by atoms with Crippen LogP contribution in [0, 0.1) is 0 Å². The lowest BCUT2D eigenvalue weighted by Crippen LogP contribution is -2.41. The number of hydrogen-bond donors (Lipinski definition) is 0. The van der Waals surface area contributed by atoms with Gasteiger partial charge in [-0.05, 0) is 37.1 Å². The van der Waals surface area contributed by atoms with E-state index in [0.29, 0.717) is 28.7 Å². The molecule has 3 rings (SSSR count). The van der Waals surface area contributed by atoms with E-state index in [9.17, 15) is 27.6 Å². The molecule has 1 aromatic carbocycles. The second-order valence-electron chi connectivity index (χ2n) is 6.75. The van der Waals surface area contributed by atoms with Gasteiger partial charge in [-0.25, -0.2) is 9.48 Å². The highest BCUT2D eigenvalue weighted by molar-refractivity contribution is 5.94. The monoisotopic (exact) mass is 412 g/mol. The smallest absolute Gasteiger partial charge is 0.427 e. The minimum Gasteiger partial charge on any atom is -0.427 e. The molecule has 156 valence electrons. The van der Waals surface area contributed by atoms with Crippen LogP contribution in [0.1, 0.15) is 42.0 Å². The quantitative estimate of drug-likeness (QED) is 0.569. The summed E-state index contributed by atoms with van der Waals surface area (Å²) < 4.78 is 45.1. The summed E-state index contributed by atoms with van der Waals surface area (Å²) in [6, 6.07) is 5.57. The number of aromatic nitrogens is 3. The Labute approximate surface area is 163 Å². The number of amides is 1. The third-order valence-electron chi connectivity index (χ3n) is 4.72. The van der Waals surface area contributed by atoms with Crippen LogP contribution in [0.3, 0.4) is 0 Å². The van der Waals surface area contributed by atoms with E-state index in [-0.39, 0.29) is 19.0 Å². The number of ether oxygens (including phenoxy) is 1. The van der Waals surface area contributed by atoms with Crippen molar-refractivity contribution in [1.82, 2.24) is 19.2 Å². The first-order valence-corrected chi connectivity index (χ1v) is 8.88. The summed E-state index contributed by atoms with van der Waals surface area (Å²) in [5.74, 6) is -1.64. The van der Waals surface area contributed by atoms with Crippen molar-refractivity contribution in [3.8, 4) is 5.75 Å². The Kier molecular flexibility index (Phi) is 5.49. The van der Waals surface area contributed by atoms with E-state index in [1.807, 2.05) is 0 Å². The molecular weight excluding hydrogens is 393 g/mol. The molecule has 1 fully saturated rings. The zero-order valence-electron chi connectivity index (χ0n) is 15.8. The lowest BCUT2D eigenvalue weighted by Gasteiger charge is -2.31. The maximum atomic E-state index is 12.9. The fourth-order valence-corrected chi connectivity index (χ4v) is 3.27. The van der Waals surface area contributed by atoms with Gasteiger partial charge in [0, 0.05) is 32.6 Å². The summed E-state index contributed by atoms with van der Waals surface area (Å²) in [6.45, 7) is 1.83. The van der Waals surface area contributed by atoms with Gasteiger partial charge in [-0.3, -0.25) is 14.2 Å². The second kappa shape index (κ2) is 7.72. The van der Waals surface area contributed by atoms with Crippen molar-refractivity contribution in [1.29, 1.82) is 0 Å². The highest BCUT2D eigenvalue weighted by atomic mass is 19.4. The summed E-state index contributed by atoms with van der Waals surface area (Å²) in [5, 5.41) is 3.46. The molecule has 1 aliphatic rings. The van der Waals surface area contributed by atoms with Crippen molar-refractivity contribution >= 4 is 11.9 Å². The molecule has 0 unspecified atom stereocenters. The first-order chi connectivity index (χ1) is 13.6. The van der Waals surface area contributed by atoms with Crippen LogP contribution in [0.4, 0.5) is 13.2 Å². The van der Waals surface area contributed by atoms with Gasteiger partial charge >= 0.3 is 17.8 Å². The van der Waals surface area contributed by atoms with E-state index in [0.717, 1.165) is 11.7 Å². The van der Waals surface area contributed by atoms with Crippen molar-refractivity contribution in [3.63, 3.8) is 0 Å². The maximum absolute atomic E-state index is 12.9. The Morgan fingerprint density at radius 3 is 2.21 bits per heavy atom. The summed E-state index contributed by atoms with van der Waals surface area (Å²) in [5.41, 5.74) is -0.433. The molecular formula is C18H19F3N4O4. The average Bonchev–Trinajstić information content (AvgIpc) is 2.97. The number of rotatable bonds is 3.